The Morgan fingerprint density at radius 1 is 1.00 bits per heavy atom. The van der Waals surface area contributed by atoms with Crippen LogP contribution in [-0.4, -0.2) is 35.9 Å². The minimum absolute atomic E-state index is 0.287. The number of fused-ring (bicyclic) bond motifs is 1. The van der Waals surface area contributed by atoms with E-state index in [4.69, 9.17) is 23.2 Å². The fourth-order valence-electron chi connectivity index (χ4n) is 3.40. The Kier molecular flexibility index (Phi) is 6.84. The van der Waals surface area contributed by atoms with E-state index < -0.39 is 5.91 Å². The van der Waals surface area contributed by atoms with Gasteiger partial charge in [-0.25, -0.2) is 4.98 Å². The van der Waals surface area contributed by atoms with Crippen molar-refractivity contribution in [2.24, 2.45) is 0 Å². The SMILES string of the molecule is Cc1c(Cl)cccc1NC(=O)c1cc(NC(=O)c2c(Cl)cccc2Br)cc2[nH]c(N(C)C)nc12. The molecule has 0 saturated heterocycles. The Bertz CT molecular complexity index is 1410. The fourth-order valence-corrected chi connectivity index (χ4v) is 4.50. The van der Waals surface area contributed by atoms with Crippen molar-refractivity contribution in [3.8, 4) is 0 Å². The third-order valence-corrected chi connectivity index (χ3v) is 6.59. The Morgan fingerprint density at radius 2 is 1.71 bits per heavy atom. The molecule has 3 N–H and O–H groups in total. The fraction of sp³-hybridized carbons (Fsp3) is 0.125. The summed E-state index contributed by atoms with van der Waals surface area (Å²) in [6.07, 6.45) is 0. The van der Waals surface area contributed by atoms with Crippen LogP contribution in [0.15, 0.2) is 53.0 Å². The zero-order chi connectivity index (χ0) is 24.6. The smallest absolute Gasteiger partial charge is 0.258 e. The first-order valence-corrected chi connectivity index (χ1v) is 11.7. The second-order valence-electron chi connectivity index (χ2n) is 7.79. The van der Waals surface area contributed by atoms with Crippen molar-refractivity contribution in [3.05, 3.63) is 79.7 Å². The van der Waals surface area contributed by atoms with Gasteiger partial charge in [0.1, 0.15) is 5.52 Å². The molecule has 0 spiro atoms. The zero-order valence-electron chi connectivity index (χ0n) is 18.5. The number of nitrogens with zero attached hydrogens (tertiary/aromatic N) is 2. The molecule has 34 heavy (non-hydrogen) atoms. The summed E-state index contributed by atoms with van der Waals surface area (Å²) in [6.45, 7) is 1.82. The van der Waals surface area contributed by atoms with Crippen molar-refractivity contribution in [1.82, 2.24) is 9.97 Å². The molecule has 0 saturated carbocycles. The van der Waals surface area contributed by atoms with E-state index in [2.05, 4.69) is 36.5 Å². The van der Waals surface area contributed by atoms with Gasteiger partial charge in [-0.1, -0.05) is 35.3 Å². The number of H-pyrrole nitrogens is 1. The molecule has 10 heteroatoms. The highest BCUT2D eigenvalue weighted by Gasteiger charge is 2.20. The van der Waals surface area contributed by atoms with Crippen LogP contribution in [0.2, 0.25) is 10.0 Å². The summed E-state index contributed by atoms with van der Waals surface area (Å²) in [5.74, 6) is -0.233. The van der Waals surface area contributed by atoms with Gasteiger partial charge < -0.3 is 20.5 Å². The number of aromatic amines is 1. The van der Waals surface area contributed by atoms with E-state index in [0.717, 1.165) is 5.56 Å². The summed E-state index contributed by atoms with van der Waals surface area (Å²) in [5, 5.41) is 6.58. The molecule has 4 aromatic rings. The normalized spacial score (nSPS) is 10.9. The van der Waals surface area contributed by atoms with Crippen LogP contribution in [0.4, 0.5) is 17.3 Å². The van der Waals surface area contributed by atoms with Crippen LogP contribution < -0.4 is 15.5 Å². The molecule has 0 fully saturated rings. The molecule has 1 aromatic heterocycles. The molecule has 1 heterocycles. The van der Waals surface area contributed by atoms with E-state index in [1.807, 2.05) is 21.0 Å². The lowest BCUT2D eigenvalue weighted by Crippen LogP contribution is -2.16. The first kappa shape index (κ1) is 24.1. The molecular weight excluding hydrogens is 541 g/mol. The summed E-state index contributed by atoms with van der Waals surface area (Å²) in [4.78, 5) is 35.8. The molecule has 3 aromatic carbocycles. The standard InChI is InChI=1S/C24H20BrCl2N5O2/c1-12-16(26)7-5-9-18(12)29-22(33)14-10-13(11-19-21(14)31-24(30-19)32(2)3)28-23(34)20-15(25)6-4-8-17(20)27/h4-11H,1-3H3,(H,28,34)(H,29,33)(H,30,31). The molecule has 2 amide bonds. The highest BCUT2D eigenvalue weighted by molar-refractivity contribution is 9.10. The van der Waals surface area contributed by atoms with Crippen molar-refractivity contribution < 1.29 is 9.59 Å². The molecule has 0 radical (unpaired) electrons. The molecule has 0 aliphatic carbocycles. The summed E-state index contributed by atoms with van der Waals surface area (Å²) < 4.78 is 0.560. The summed E-state index contributed by atoms with van der Waals surface area (Å²) in [7, 11) is 3.68. The van der Waals surface area contributed by atoms with Crippen molar-refractivity contribution in [2.45, 2.75) is 6.92 Å². The predicted molar refractivity (Wildman–Crippen MR) is 142 cm³/mol. The van der Waals surface area contributed by atoms with E-state index in [1.165, 1.54) is 0 Å². The van der Waals surface area contributed by atoms with Gasteiger partial charge in [0.25, 0.3) is 11.8 Å². The summed E-state index contributed by atoms with van der Waals surface area (Å²) >= 11 is 15.8. The minimum Gasteiger partial charge on any atom is -0.349 e. The van der Waals surface area contributed by atoms with Crippen LogP contribution in [0.5, 0.6) is 0 Å². The monoisotopic (exact) mass is 559 g/mol. The number of benzene rings is 3. The van der Waals surface area contributed by atoms with E-state index >= 15 is 0 Å². The van der Waals surface area contributed by atoms with Gasteiger partial charge in [-0.15, -0.1) is 0 Å². The lowest BCUT2D eigenvalue weighted by Gasteiger charge is -2.12. The molecular formula is C24H20BrCl2N5O2. The van der Waals surface area contributed by atoms with Gasteiger partial charge in [0.2, 0.25) is 5.95 Å². The topological polar surface area (TPSA) is 90.1 Å². The van der Waals surface area contributed by atoms with Gasteiger partial charge >= 0.3 is 0 Å². The number of carbonyl (C=O) groups excluding carboxylic acids is 2. The number of amides is 2. The lowest BCUT2D eigenvalue weighted by molar-refractivity contribution is 0.101. The maximum atomic E-state index is 13.3. The van der Waals surface area contributed by atoms with Crippen LogP contribution in [0.1, 0.15) is 26.3 Å². The lowest BCUT2D eigenvalue weighted by atomic mass is 10.1. The summed E-state index contributed by atoms with van der Waals surface area (Å²) in [6, 6.07) is 13.7. The van der Waals surface area contributed by atoms with Gasteiger partial charge in [0.05, 0.1) is 21.7 Å². The van der Waals surface area contributed by atoms with Crippen molar-refractivity contribution in [1.29, 1.82) is 0 Å². The highest BCUT2D eigenvalue weighted by Crippen LogP contribution is 2.30. The number of nitrogens with one attached hydrogen (secondary N) is 3. The van der Waals surface area contributed by atoms with Gasteiger partial charge in [-0.3, -0.25) is 9.59 Å². The number of halogens is 3. The molecule has 4 rings (SSSR count). The van der Waals surface area contributed by atoms with Crippen LogP contribution in [0, 0.1) is 6.92 Å². The second kappa shape index (κ2) is 9.66. The third kappa shape index (κ3) is 4.75. The van der Waals surface area contributed by atoms with Gasteiger partial charge in [0, 0.05) is 35.0 Å². The van der Waals surface area contributed by atoms with Crippen molar-refractivity contribution >= 4 is 79.3 Å². The number of aromatic nitrogens is 2. The molecule has 0 bridgehead atoms. The zero-order valence-corrected chi connectivity index (χ0v) is 21.6. The van der Waals surface area contributed by atoms with E-state index in [-0.39, 0.29) is 11.5 Å². The highest BCUT2D eigenvalue weighted by atomic mass is 79.9. The van der Waals surface area contributed by atoms with Gasteiger partial charge in [-0.05, 0) is 64.8 Å². The molecule has 174 valence electrons. The number of hydrogen-bond acceptors (Lipinski definition) is 4. The molecule has 0 aliphatic heterocycles. The van der Waals surface area contributed by atoms with Crippen molar-refractivity contribution in [3.63, 3.8) is 0 Å². The Hall–Kier alpha value is -3.07. The maximum absolute atomic E-state index is 13.3. The third-order valence-electron chi connectivity index (χ3n) is 5.21. The molecule has 0 unspecified atom stereocenters. The van der Waals surface area contributed by atoms with E-state index in [9.17, 15) is 9.59 Å². The number of carbonyl (C=O) groups is 2. The Morgan fingerprint density at radius 3 is 2.41 bits per heavy atom. The quantitative estimate of drug-likeness (QED) is 0.259. The van der Waals surface area contributed by atoms with Crippen LogP contribution in [0.25, 0.3) is 11.0 Å². The predicted octanol–water partition coefficient (Wildman–Crippen LogP) is 6.51. The number of hydrogen-bond donors (Lipinski definition) is 3. The summed E-state index contributed by atoms with van der Waals surface area (Å²) in [5.41, 5.74) is 3.39. The van der Waals surface area contributed by atoms with Crippen molar-refractivity contribution in [2.75, 3.05) is 29.6 Å². The number of anilines is 3. The average Bonchev–Trinajstić information content (AvgIpc) is 3.21. The Balaban J connectivity index is 1.76. The van der Waals surface area contributed by atoms with Crippen LogP contribution in [0.3, 0.4) is 0 Å². The number of imidazole rings is 1. The largest absolute Gasteiger partial charge is 0.349 e. The second-order valence-corrected chi connectivity index (χ2v) is 9.46. The van der Waals surface area contributed by atoms with E-state index in [1.54, 1.807) is 53.4 Å². The average molecular weight is 561 g/mol. The first-order valence-electron chi connectivity index (χ1n) is 10.2. The van der Waals surface area contributed by atoms with Crippen LogP contribution in [-0.2, 0) is 0 Å². The van der Waals surface area contributed by atoms with Gasteiger partial charge in [-0.2, -0.15) is 0 Å². The molecule has 7 nitrogen and oxygen atoms in total. The van der Waals surface area contributed by atoms with Gasteiger partial charge in [0.15, 0.2) is 0 Å². The van der Waals surface area contributed by atoms with E-state index in [0.29, 0.717) is 48.4 Å². The maximum Gasteiger partial charge on any atom is 0.258 e. The Labute approximate surface area is 214 Å². The molecule has 0 atom stereocenters. The minimum atomic E-state index is -0.416. The number of rotatable bonds is 5. The van der Waals surface area contributed by atoms with Crippen LogP contribution >= 0.6 is 39.1 Å². The molecule has 0 aliphatic rings. The first-order chi connectivity index (χ1) is 16.2.